The van der Waals surface area contributed by atoms with Crippen molar-refractivity contribution in [3.63, 3.8) is 0 Å². The molecule has 0 unspecified atom stereocenters. The molecule has 0 spiro atoms. The van der Waals surface area contributed by atoms with Gasteiger partial charge >= 0.3 is 0 Å². The van der Waals surface area contributed by atoms with Gasteiger partial charge in [-0.25, -0.2) is 22.3 Å². The summed E-state index contributed by atoms with van der Waals surface area (Å²) in [4.78, 5) is 0. The third kappa shape index (κ3) is 11.7. The van der Waals surface area contributed by atoms with Crippen molar-refractivity contribution in [1.29, 1.82) is 0 Å². The Morgan fingerprint density at radius 2 is 1.92 bits per heavy atom. The Morgan fingerprint density at radius 3 is 2.38 bits per heavy atom. The summed E-state index contributed by atoms with van der Waals surface area (Å²) >= 11 is 0. The fourth-order valence-corrected chi connectivity index (χ4v) is 1.29. The Hall–Kier alpha value is -0.270. The summed E-state index contributed by atoms with van der Waals surface area (Å²) in [6.07, 6.45) is -1.72. The number of sulfonamides is 1. The van der Waals surface area contributed by atoms with E-state index in [0.29, 0.717) is 12.8 Å². The molecule has 0 saturated heterocycles. The first-order valence-electron chi connectivity index (χ1n) is 3.78. The van der Waals surface area contributed by atoms with E-state index >= 15 is 0 Å². The van der Waals surface area contributed by atoms with Gasteiger partial charge in [-0.15, -0.1) is 0 Å². The van der Waals surface area contributed by atoms with E-state index in [1.807, 2.05) is 0 Å². The van der Waals surface area contributed by atoms with E-state index in [0.717, 1.165) is 0 Å². The molecule has 80 valence electrons. The van der Waals surface area contributed by atoms with Gasteiger partial charge in [0.25, 0.3) is 6.43 Å². The first kappa shape index (κ1) is 12.7. The second-order valence-electron chi connectivity index (χ2n) is 2.54. The number of ether oxygens (including phenoxy) is 1. The largest absolute Gasteiger partial charge is 0.376 e. The molecule has 0 aliphatic carbocycles. The Balaban J connectivity index is 3.18. The van der Waals surface area contributed by atoms with Crippen LogP contribution in [0.3, 0.4) is 0 Å². The van der Waals surface area contributed by atoms with Crippen LogP contribution in [0.15, 0.2) is 0 Å². The van der Waals surface area contributed by atoms with Crippen LogP contribution in [0.1, 0.15) is 12.8 Å². The summed E-state index contributed by atoms with van der Waals surface area (Å²) in [7, 11) is -3.43. The fourth-order valence-electron chi connectivity index (χ4n) is 0.680. The lowest BCUT2D eigenvalue weighted by atomic mass is 10.4. The van der Waals surface area contributed by atoms with Gasteiger partial charge < -0.3 is 4.74 Å². The van der Waals surface area contributed by atoms with Crippen LogP contribution in [0.5, 0.6) is 0 Å². The van der Waals surface area contributed by atoms with Crippen molar-refractivity contribution in [2.75, 3.05) is 19.0 Å². The first-order valence-corrected chi connectivity index (χ1v) is 5.50. The van der Waals surface area contributed by atoms with Gasteiger partial charge in [-0.1, -0.05) is 0 Å². The van der Waals surface area contributed by atoms with Crippen molar-refractivity contribution in [2.45, 2.75) is 19.3 Å². The number of alkyl halides is 2. The van der Waals surface area contributed by atoms with Gasteiger partial charge in [0.2, 0.25) is 10.0 Å². The second kappa shape index (κ2) is 6.22. The Labute approximate surface area is 76.1 Å². The molecule has 0 heterocycles. The van der Waals surface area contributed by atoms with E-state index in [4.69, 9.17) is 5.14 Å². The standard InChI is InChI=1S/C6H13F2NO3S/c7-6(8)5-12-3-1-2-4-13(9,10)11/h6H,1-5H2,(H2,9,10,11). The highest BCUT2D eigenvalue weighted by Crippen LogP contribution is 1.96. The number of halogens is 2. The number of rotatable bonds is 7. The molecule has 0 atom stereocenters. The lowest BCUT2D eigenvalue weighted by Crippen LogP contribution is -2.16. The van der Waals surface area contributed by atoms with Gasteiger partial charge in [-0.3, -0.25) is 0 Å². The molecule has 0 aliphatic heterocycles. The van der Waals surface area contributed by atoms with Crippen LogP contribution in [0.2, 0.25) is 0 Å². The maximum Gasteiger partial charge on any atom is 0.261 e. The molecule has 2 N–H and O–H groups in total. The van der Waals surface area contributed by atoms with E-state index in [2.05, 4.69) is 4.74 Å². The number of primary sulfonamides is 1. The molecule has 0 aromatic heterocycles. The molecular weight excluding hydrogens is 204 g/mol. The lowest BCUT2D eigenvalue weighted by Gasteiger charge is -2.02. The number of hydrogen-bond donors (Lipinski definition) is 1. The van der Waals surface area contributed by atoms with Gasteiger partial charge in [-0.05, 0) is 12.8 Å². The van der Waals surface area contributed by atoms with Gasteiger partial charge in [0.15, 0.2) is 0 Å². The third-order valence-electron chi connectivity index (χ3n) is 1.21. The molecule has 0 aliphatic rings. The van der Waals surface area contributed by atoms with Crippen LogP contribution >= 0.6 is 0 Å². The smallest absolute Gasteiger partial charge is 0.261 e. The number of hydrogen-bond acceptors (Lipinski definition) is 3. The molecule has 0 amide bonds. The van der Waals surface area contributed by atoms with E-state index in [9.17, 15) is 17.2 Å². The van der Waals surface area contributed by atoms with E-state index in [-0.39, 0.29) is 12.4 Å². The maximum atomic E-state index is 11.5. The van der Waals surface area contributed by atoms with Crippen molar-refractivity contribution >= 4 is 10.0 Å². The summed E-state index contributed by atoms with van der Waals surface area (Å²) in [5.41, 5.74) is 0. The van der Waals surface area contributed by atoms with Crippen molar-refractivity contribution in [1.82, 2.24) is 0 Å². The van der Waals surface area contributed by atoms with Crippen molar-refractivity contribution in [3.05, 3.63) is 0 Å². The van der Waals surface area contributed by atoms with Crippen LogP contribution in [-0.2, 0) is 14.8 Å². The van der Waals surface area contributed by atoms with Crippen molar-refractivity contribution < 1.29 is 21.9 Å². The molecule has 0 rings (SSSR count). The lowest BCUT2D eigenvalue weighted by molar-refractivity contribution is 0.0166. The molecule has 0 aromatic rings. The van der Waals surface area contributed by atoms with Gasteiger partial charge in [-0.2, -0.15) is 0 Å². The summed E-state index contributed by atoms with van der Waals surface area (Å²) in [5, 5.41) is 4.71. The van der Waals surface area contributed by atoms with Crippen molar-refractivity contribution in [3.8, 4) is 0 Å². The van der Waals surface area contributed by atoms with E-state index in [1.165, 1.54) is 0 Å². The van der Waals surface area contributed by atoms with Crippen LogP contribution in [0.4, 0.5) is 8.78 Å². The molecule has 13 heavy (non-hydrogen) atoms. The average molecular weight is 217 g/mol. The van der Waals surface area contributed by atoms with Gasteiger partial charge in [0.05, 0.1) is 5.75 Å². The molecule has 0 saturated carbocycles. The fraction of sp³-hybridized carbons (Fsp3) is 1.00. The monoisotopic (exact) mass is 217 g/mol. The zero-order chi connectivity index (χ0) is 10.3. The molecule has 7 heteroatoms. The van der Waals surface area contributed by atoms with Gasteiger partial charge in [0, 0.05) is 6.61 Å². The predicted octanol–water partition coefficient (Wildman–Crippen LogP) is 0.337. The maximum absolute atomic E-state index is 11.5. The quantitative estimate of drug-likeness (QED) is 0.625. The topological polar surface area (TPSA) is 69.4 Å². The molecular formula is C6H13F2NO3S. The Kier molecular flexibility index (Phi) is 6.10. The Bertz CT molecular complexity index is 218. The van der Waals surface area contributed by atoms with Crippen molar-refractivity contribution in [2.24, 2.45) is 5.14 Å². The van der Waals surface area contributed by atoms with E-state index < -0.39 is 23.1 Å². The first-order chi connectivity index (χ1) is 5.92. The molecule has 0 bridgehead atoms. The minimum absolute atomic E-state index is 0.134. The average Bonchev–Trinajstić information content (AvgIpc) is 1.93. The Morgan fingerprint density at radius 1 is 1.31 bits per heavy atom. The molecule has 0 radical (unpaired) electrons. The van der Waals surface area contributed by atoms with Crippen LogP contribution in [0.25, 0.3) is 0 Å². The zero-order valence-corrected chi connectivity index (χ0v) is 7.90. The molecule has 0 aromatic carbocycles. The highest BCUT2D eigenvalue weighted by atomic mass is 32.2. The third-order valence-corrected chi connectivity index (χ3v) is 2.07. The van der Waals surface area contributed by atoms with Crippen LogP contribution in [-0.4, -0.2) is 33.8 Å². The normalized spacial score (nSPS) is 12.3. The highest BCUT2D eigenvalue weighted by molar-refractivity contribution is 7.89. The predicted molar refractivity (Wildman–Crippen MR) is 44.0 cm³/mol. The zero-order valence-electron chi connectivity index (χ0n) is 7.08. The number of nitrogens with two attached hydrogens (primary N) is 1. The highest BCUT2D eigenvalue weighted by Gasteiger charge is 2.03. The minimum atomic E-state index is -3.43. The van der Waals surface area contributed by atoms with Crippen LogP contribution in [0, 0.1) is 0 Å². The van der Waals surface area contributed by atoms with E-state index in [1.54, 1.807) is 0 Å². The molecule has 0 fully saturated rings. The summed E-state index contributed by atoms with van der Waals surface area (Å²) in [5.74, 6) is -0.134. The summed E-state index contributed by atoms with van der Waals surface area (Å²) in [6.45, 7) is -0.463. The SMILES string of the molecule is NS(=O)(=O)CCCCOCC(F)F. The minimum Gasteiger partial charge on any atom is -0.376 e. The number of unbranched alkanes of at least 4 members (excludes halogenated alkanes) is 1. The summed E-state index contributed by atoms with van der Waals surface area (Å²) in [6, 6.07) is 0. The summed E-state index contributed by atoms with van der Waals surface area (Å²) < 4.78 is 48.3. The molecule has 4 nitrogen and oxygen atoms in total. The second-order valence-corrected chi connectivity index (χ2v) is 4.27. The van der Waals surface area contributed by atoms with Crippen LogP contribution < -0.4 is 5.14 Å². The van der Waals surface area contributed by atoms with Gasteiger partial charge in [0.1, 0.15) is 6.61 Å².